The summed E-state index contributed by atoms with van der Waals surface area (Å²) in [7, 11) is -4.03. The van der Waals surface area contributed by atoms with E-state index in [1.807, 2.05) is 11.8 Å². The summed E-state index contributed by atoms with van der Waals surface area (Å²) in [5, 5.41) is 22.8. The maximum Gasteiger partial charge on any atom is 0.252 e. The number of aromatic nitrogens is 5. The summed E-state index contributed by atoms with van der Waals surface area (Å²) in [6.07, 6.45) is 5.82. The highest BCUT2D eigenvalue weighted by Crippen LogP contribution is 2.54. The van der Waals surface area contributed by atoms with Crippen LogP contribution in [0.3, 0.4) is 0 Å². The summed E-state index contributed by atoms with van der Waals surface area (Å²) in [4.78, 5) is 13.4. The molecular formula is C29H38F2N8O3S. The molecule has 1 spiro atoms. The van der Waals surface area contributed by atoms with Gasteiger partial charge in [-0.2, -0.15) is 0 Å². The molecule has 3 aromatic rings. The van der Waals surface area contributed by atoms with Crippen molar-refractivity contribution in [2.24, 2.45) is 10.6 Å². The van der Waals surface area contributed by atoms with Gasteiger partial charge in [-0.15, -0.1) is 5.10 Å². The second-order valence-electron chi connectivity index (χ2n) is 12.6. The number of aliphatic hydroxyl groups excluding tert-OH is 1. The van der Waals surface area contributed by atoms with Crippen molar-refractivity contribution in [2.75, 3.05) is 29.5 Å². The summed E-state index contributed by atoms with van der Waals surface area (Å²) >= 11 is 0. The maximum absolute atomic E-state index is 14.2. The molecule has 0 radical (unpaired) electrons. The van der Waals surface area contributed by atoms with Crippen molar-refractivity contribution in [2.45, 2.75) is 82.6 Å². The molecule has 232 valence electrons. The number of piperidine rings is 2. The van der Waals surface area contributed by atoms with Gasteiger partial charge in [0.05, 0.1) is 29.9 Å². The zero-order chi connectivity index (χ0) is 30.7. The molecule has 6 rings (SSSR count). The molecule has 2 aliphatic heterocycles. The van der Waals surface area contributed by atoms with Gasteiger partial charge < -0.3 is 14.9 Å². The standard InChI is InChI=1S/C29H38F2N8O3S/c1-18-12-22(34-27(33-18)39-19(2)14-29(30,31)15-20(39)3)23-16-38(36-35-23)24-5-4-21(26(17-40)43(32,41)42)13-25(24)37-10-8-28(6-7-28)9-11-37/h4-5,12-13,16,19-20,26,40H,6-11,14-15,17H2,1-3H3,(H2,32,41,42)/t19-,20+,26?. The van der Waals surface area contributed by atoms with Gasteiger partial charge >= 0.3 is 0 Å². The summed E-state index contributed by atoms with van der Waals surface area (Å²) in [6, 6.07) is 6.09. The van der Waals surface area contributed by atoms with Gasteiger partial charge in [0.2, 0.25) is 16.0 Å². The second-order valence-corrected chi connectivity index (χ2v) is 14.4. The third kappa shape index (κ3) is 5.96. The van der Waals surface area contributed by atoms with Crippen molar-refractivity contribution in [1.82, 2.24) is 25.0 Å². The number of rotatable bonds is 7. The Bertz CT molecular complexity index is 1600. The fourth-order valence-corrected chi connectivity index (χ4v) is 7.49. The quantitative estimate of drug-likeness (QED) is 0.406. The second kappa shape index (κ2) is 10.7. The molecule has 0 amide bonds. The van der Waals surface area contributed by atoms with E-state index < -0.39 is 39.9 Å². The van der Waals surface area contributed by atoms with E-state index in [-0.39, 0.29) is 12.8 Å². The van der Waals surface area contributed by atoms with Crippen molar-refractivity contribution in [3.8, 4) is 17.1 Å². The number of hydrogen-bond donors (Lipinski definition) is 2. The zero-order valence-electron chi connectivity index (χ0n) is 24.6. The summed E-state index contributed by atoms with van der Waals surface area (Å²) in [5.74, 6) is -2.35. The number of nitrogens with two attached hydrogens (primary N) is 1. The van der Waals surface area contributed by atoms with Gasteiger partial charge in [0.15, 0.2) is 0 Å². The number of aliphatic hydroxyl groups is 1. The number of primary sulfonamides is 1. The summed E-state index contributed by atoms with van der Waals surface area (Å²) in [6.45, 7) is 6.36. The lowest BCUT2D eigenvalue weighted by Crippen LogP contribution is -2.51. The molecule has 2 saturated heterocycles. The Morgan fingerprint density at radius 3 is 2.30 bits per heavy atom. The average molecular weight is 617 g/mol. The molecule has 1 aromatic carbocycles. The highest BCUT2D eigenvalue weighted by molar-refractivity contribution is 7.89. The first-order valence-electron chi connectivity index (χ1n) is 14.7. The number of alkyl halides is 2. The molecule has 0 bridgehead atoms. The Morgan fingerprint density at radius 1 is 1.02 bits per heavy atom. The van der Waals surface area contributed by atoms with Crippen LogP contribution < -0.4 is 14.9 Å². The number of nitrogens with zero attached hydrogens (tertiary/aromatic N) is 7. The van der Waals surface area contributed by atoms with E-state index in [2.05, 4.69) is 20.2 Å². The van der Waals surface area contributed by atoms with Gasteiger partial charge in [0.25, 0.3) is 5.92 Å². The fourth-order valence-electron chi connectivity index (χ4n) is 6.76. The van der Waals surface area contributed by atoms with Gasteiger partial charge in [-0.05, 0) is 75.6 Å². The van der Waals surface area contributed by atoms with Crippen LogP contribution in [0.25, 0.3) is 17.1 Å². The van der Waals surface area contributed by atoms with Crippen molar-refractivity contribution in [3.63, 3.8) is 0 Å². The summed E-state index contributed by atoms with van der Waals surface area (Å²) < 4.78 is 54.5. The molecule has 2 aromatic heterocycles. The Hall–Kier alpha value is -3.23. The first-order chi connectivity index (χ1) is 20.3. The van der Waals surface area contributed by atoms with Crippen LogP contribution in [0.5, 0.6) is 0 Å². The van der Waals surface area contributed by atoms with Crippen molar-refractivity contribution in [1.29, 1.82) is 0 Å². The Labute approximate surface area is 250 Å². The van der Waals surface area contributed by atoms with Gasteiger partial charge in [-0.1, -0.05) is 11.3 Å². The predicted molar refractivity (Wildman–Crippen MR) is 159 cm³/mol. The normalized spacial score (nSPS) is 23.9. The molecule has 1 saturated carbocycles. The SMILES string of the molecule is Cc1cc(-c2cn(-c3ccc(C(CO)S(N)(=O)=O)cc3N3CCC4(CC3)CC4)nn2)nc(N2[C@H](C)CC(F)(F)C[C@@H]2C)n1. The number of aryl methyl sites for hydroxylation is 1. The highest BCUT2D eigenvalue weighted by atomic mass is 32.2. The number of hydrogen-bond acceptors (Lipinski definition) is 9. The molecule has 3 aliphatic rings. The van der Waals surface area contributed by atoms with Gasteiger partial charge in [-0.3, -0.25) is 0 Å². The van der Waals surface area contributed by atoms with Crippen LogP contribution in [0.15, 0.2) is 30.5 Å². The van der Waals surface area contributed by atoms with E-state index >= 15 is 0 Å². The van der Waals surface area contributed by atoms with Crippen molar-refractivity contribution < 1.29 is 22.3 Å². The molecule has 11 nitrogen and oxygen atoms in total. The van der Waals surface area contributed by atoms with Crippen LogP contribution in [-0.4, -0.2) is 76.2 Å². The van der Waals surface area contributed by atoms with Crippen LogP contribution in [0.4, 0.5) is 20.4 Å². The molecule has 43 heavy (non-hydrogen) atoms. The highest BCUT2D eigenvalue weighted by Gasteiger charge is 2.45. The predicted octanol–water partition coefficient (Wildman–Crippen LogP) is 3.75. The van der Waals surface area contributed by atoms with E-state index in [1.54, 1.807) is 49.0 Å². The minimum atomic E-state index is -4.03. The first-order valence-corrected chi connectivity index (χ1v) is 16.3. The Morgan fingerprint density at radius 2 is 1.70 bits per heavy atom. The molecule has 3 atom stereocenters. The van der Waals surface area contributed by atoms with Gasteiger partial charge in [0, 0.05) is 43.7 Å². The Balaban J connectivity index is 1.35. The topological polar surface area (TPSA) is 143 Å². The minimum absolute atomic E-state index is 0.265. The number of sulfonamides is 1. The van der Waals surface area contributed by atoms with Gasteiger partial charge in [0.1, 0.15) is 10.9 Å². The van der Waals surface area contributed by atoms with E-state index in [0.717, 1.165) is 31.6 Å². The third-order valence-corrected chi connectivity index (χ3v) is 10.5. The van der Waals surface area contributed by atoms with Crippen LogP contribution in [0.2, 0.25) is 0 Å². The molecule has 1 aliphatic carbocycles. The smallest absolute Gasteiger partial charge is 0.252 e. The molecule has 3 N–H and O–H groups in total. The van der Waals surface area contributed by atoms with Crippen LogP contribution in [0, 0.1) is 12.3 Å². The van der Waals surface area contributed by atoms with E-state index in [1.165, 1.54) is 12.8 Å². The lowest BCUT2D eigenvalue weighted by atomic mass is 9.93. The third-order valence-electron chi connectivity index (χ3n) is 9.27. The number of anilines is 2. The molecule has 14 heteroatoms. The van der Waals surface area contributed by atoms with Gasteiger partial charge in [-0.25, -0.2) is 37.0 Å². The number of benzene rings is 1. The van der Waals surface area contributed by atoms with E-state index in [9.17, 15) is 22.3 Å². The van der Waals surface area contributed by atoms with Crippen molar-refractivity contribution in [3.05, 3.63) is 41.7 Å². The number of halogens is 2. The maximum atomic E-state index is 14.2. The molecule has 4 heterocycles. The van der Waals surface area contributed by atoms with E-state index in [4.69, 9.17) is 10.1 Å². The monoisotopic (exact) mass is 616 g/mol. The molecule has 1 unspecified atom stereocenters. The molecular weight excluding hydrogens is 578 g/mol. The first kappa shape index (κ1) is 29.8. The van der Waals surface area contributed by atoms with Crippen LogP contribution in [-0.2, 0) is 10.0 Å². The lowest BCUT2D eigenvalue weighted by Gasteiger charge is -2.42. The van der Waals surface area contributed by atoms with Crippen LogP contribution in [0.1, 0.15) is 68.9 Å². The zero-order valence-corrected chi connectivity index (χ0v) is 25.4. The minimum Gasteiger partial charge on any atom is -0.395 e. The van der Waals surface area contributed by atoms with Crippen LogP contribution >= 0.6 is 0 Å². The van der Waals surface area contributed by atoms with Crippen molar-refractivity contribution >= 4 is 21.7 Å². The Kier molecular flexibility index (Phi) is 7.45. The summed E-state index contributed by atoms with van der Waals surface area (Å²) in [5.41, 5.74) is 4.00. The lowest BCUT2D eigenvalue weighted by molar-refractivity contribution is -0.0424. The van der Waals surface area contributed by atoms with E-state index in [0.29, 0.717) is 39.7 Å². The fraction of sp³-hybridized carbons (Fsp3) is 0.586. The molecule has 3 fully saturated rings. The average Bonchev–Trinajstić information content (AvgIpc) is 3.47. The largest absolute Gasteiger partial charge is 0.395 e.